The van der Waals surface area contributed by atoms with E-state index in [0.717, 1.165) is 12.8 Å². The molecular weight excluding hydrogens is 394 g/mol. The van der Waals surface area contributed by atoms with E-state index >= 15 is 0 Å². The van der Waals surface area contributed by atoms with E-state index in [0.29, 0.717) is 17.4 Å². The molecule has 0 aliphatic carbocycles. The number of ether oxygens (including phenoxy) is 1. The molecule has 31 heavy (non-hydrogen) atoms. The second-order valence-corrected chi connectivity index (χ2v) is 10.1. The lowest BCUT2D eigenvalue weighted by atomic mass is 10.0. The maximum Gasteiger partial charge on any atom is 0.308 e. The van der Waals surface area contributed by atoms with Crippen molar-refractivity contribution in [3.05, 3.63) is 0 Å². The van der Waals surface area contributed by atoms with Crippen LogP contribution in [-0.2, 0) is 14.3 Å². The molecule has 0 heterocycles. The van der Waals surface area contributed by atoms with Crippen LogP contribution >= 0.6 is 0 Å². The minimum absolute atomic E-state index is 0.0640. The summed E-state index contributed by atoms with van der Waals surface area (Å²) in [6, 6.07) is 0. The van der Waals surface area contributed by atoms with Crippen LogP contribution in [0.4, 0.5) is 0 Å². The molecule has 0 aromatic rings. The molecule has 0 bridgehead atoms. The van der Waals surface area contributed by atoms with Gasteiger partial charge < -0.3 is 19.4 Å². The molecule has 0 saturated heterocycles. The molecule has 0 unspecified atom stereocenters. The van der Waals surface area contributed by atoms with Gasteiger partial charge in [-0.2, -0.15) is 0 Å². The smallest absolute Gasteiger partial charge is 0.308 e. The number of quaternary nitrogens is 1. The molecule has 0 fully saturated rings. The standard InChI is InChI=1S/C25H49NO5/c1-5-6-7-8-9-10-11-12-13-14-15-16-17-18-22(27)19-25(30)31-23(20-24(28)29)21-26(2,3)4/h22-23,27H,5-21H2,1-4H3/p+1/t22-,23-/m0/s1. The zero-order chi connectivity index (χ0) is 23.5. The van der Waals surface area contributed by atoms with E-state index in [9.17, 15) is 14.7 Å². The molecule has 6 nitrogen and oxygen atoms in total. The summed E-state index contributed by atoms with van der Waals surface area (Å²) in [5.74, 6) is -1.50. The molecule has 0 aromatic carbocycles. The van der Waals surface area contributed by atoms with Gasteiger partial charge in [-0.1, -0.05) is 90.4 Å². The van der Waals surface area contributed by atoms with Crippen molar-refractivity contribution < 1.29 is 29.0 Å². The highest BCUT2D eigenvalue weighted by Gasteiger charge is 2.25. The van der Waals surface area contributed by atoms with Crippen LogP contribution in [0.5, 0.6) is 0 Å². The van der Waals surface area contributed by atoms with Gasteiger partial charge in [0.1, 0.15) is 6.54 Å². The van der Waals surface area contributed by atoms with Crippen molar-refractivity contribution in [2.24, 2.45) is 0 Å². The second-order valence-electron chi connectivity index (χ2n) is 10.1. The number of aliphatic hydroxyl groups excluding tert-OH is 1. The average Bonchev–Trinajstić information content (AvgIpc) is 2.63. The Morgan fingerprint density at radius 1 is 0.774 bits per heavy atom. The van der Waals surface area contributed by atoms with Gasteiger partial charge in [-0.15, -0.1) is 0 Å². The Kier molecular flexibility index (Phi) is 17.8. The first-order valence-corrected chi connectivity index (χ1v) is 12.5. The van der Waals surface area contributed by atoms with E-state index in [2.05, 4.69) is 6.92 Å². The minimum Gasteiger partial charge on any atom is -0.481 e. The fourth-order valence-corrected chi connectivity index (χ4v) is 3.88. The van der Waals surface area contributed by atoms with Crippen molar-refractivity contribution in [1.82, 2.24) is 0 Å². The normalized spacial score (nSPS) is 13.7. The molecule has 0 saturated carbocycles. The molecule has 0 amide bonds. The molecular formula is C25H50NO5+. The Morgan fingerprint density at radius 2 is 1.23 bits per heavy atom. The summed E-state index contributed by atoms with van der Waals surface area (Å²) in [6.45, 7) is 2.68. The van der Waals surface area contributed by atoms with E-state index in [-0.39, 0.29) is 12.8 Å². The van der Waals surface area contributed by atoms with Gasteiger partial charge in [-0.05, 0) is 6.42 Å². The quantitative estimate of drug-likeness (QED) is 0.142. The Bertz CT molecular complexity index is 461. The van der Waals surface area contributed by atoms with Crippen molar-refractivity contribution >= 4 is 11.9 Å². The molecule has 184 valence electrons. The number of likely N-dealkylation sites (N-methyl/N-ethyl adjacent to an activating group) is 1. The van der Waals surface area contributed by atoms with Crippen molar-refractivity contribution in [2.45, 2.75) is 122 Å². The van der Waals surface area contributed by atoms with Crippen LogP contribution in [0.2, 0.25) is 0 Å². The molecule has 2 N–H and O–H groups in total. The number of aliphatic hydroxyl groups is 1. The fraction of sp³-hybridized carbons (Fsp3) is 0.920. The van der Waals surface area contributed by atoms with Crippen molar-refractivity contribution in [3.8, 4) is 0 Å². The fourth-order valence-electron chi connectivity index (χ4n) is 3.88. The first-order chi connectivity index (χ1) is 14.6. The third-order valence-electron chi connectivity index (χ3n) is 5.49. The largest absolute Gasteiger partial charge is 0.481 e. The van der Waals surface area contributed by atoms with Gasteiger partial charge in [-0.25, -0.2) is 0 Å². The number of aliphatic carboxylic acids is 1. The average molecular weight is 445 g/mol. The first kappa shape index (κ1) is 29.9. The molecule has 0 aliphatic heterocycles. The van der Waals surface area contributed by atoms with Gasteiger partial charge in [0, 0.05) is 0 Å². The van der Waals surface area contributed by atoms with Crippen LogP contribution in [0.25, 0.3) is 0 Å². The minimum atomic E-state index is -0.987. The number of carbonyl (C=O) groups excluding carboxylic acids is 1. The molecule has 0 spiro atoms. The van der Waals surface area contributed by atoms with Crippen molar-refractivity contribution in [2.75, 3.05) is 27.7 Å². The van der Waals surface area contributed by atoms with Crippen LogP contribution in [-0.4, -0.2) is 66.5 Å². The summed E-state index contributed by atoms with van der Waals surface area (Å²) in [5.41, 5.74) is 0. The molecule has 0 aromatic heterocycles. The van der Waals surface area contributed by atoms with E-state index in [1.807, 2.05) is 21.1 Å². The number of hydrogen-bond acceptors (Lipinski definition) is 4. The second kappa shape index (κ2) is 18.4. The van der Waals surface area contributed by atoms with E-state index < -0.39 is 24.1 Å². The SMILES string of the molecule is CCCCCCCCCCCCCCC[C@H](O)CC(=O)O[C@@H](CC(=O)O)C[N+](C)(C)C. The monoisotopic (exact) mass is 444 g/mol. The maximum absolute atomic E-state index is 12.1. The molecule has 0 radical (unpaired) electrons. The van der Waals surface area contributed by atoms with Gasteiger partial charge in [-0.3, -0.25) is 9.59 Å². The van der Waals surface area contributed by atoms with Crippen LogP contribution in [0, 0.1) is 0 Å². The summed E-state index contributed by atoms with van der Waals surface area (Å²) in [4.78, 5) is 23.1. The lowest BCUT2D eigenvalue weighted by Gasteiger charge is -2.28. The number of rotatable bonds is 21. The number of unbranched alkanes of at least 4 members (excludes halogenated alkanes) is 12. The van der Waals surface area contributed by atoms with Gasteiger partial charge in [0.25, 0.3) is 0 Å². The molecule has 6 heteroatoms. The van der Waals surface area contributed by atoms with E-state index in [1.54, 1.807) is 0 Å². The number of esters is 1. The Morgan fingerprint density at radius 3 is 1.65 bits per heavy atom. The van der Waals surface area contributed by atoms with Crippen LogP contribution in [0.1, 0.15) is 110 Å². The third kappa shape index (κ3) is 21.9. The van der Waals surface area contributed by atoms with Gasteiger partial charge in [0.2, 0.25) is 0 Å². The summed E-state index contributed by atoms with van der Waals surface area (Å²) >= 11 is 0. The lowest BCUT2D eigenvalue weighted by molar-refractivity contribution is -0.873. The Balaban J connectivity index is 3.74. The Labute approximate surface area is 190 Å². The maximum atomic E-state index is 12.1. The first-order valence-electron chi connectivity index (χ1n) is 12.5. The number of nitrogens with zero attached hydrogens (tertiary/aromatic N) is 1. The summed E-state index contributed by atoms with van der Waals surface area (Å²) < 4.78 is 5.84. The zero-order valence-electron chi connectivity index (χ0n) is 20.7. The highest BCUT2D eigenvalue weighted by molar-refractivity contribution is 5.71. The number of carboxylic acid groups (broad SMARTS) is 1. The zero-order valence-corrected chi connectivity index (χ0v) is 20.7. The molecule has 2 atom stereocenters. The summed E-state index contributed by atoms with van der Waals surface area (Å²) in [7, 11) is 5.77. The third-order valence-corrected chi connectivity index (χ3v) is 5.49. The van der Waals surface area contributed by atoms with Crippen LogP contribution in [0.15, 0.2) is 0 Å². The highest BCUT2D eigenvalue weighted by atomic mass is 16.5. The predicted molar refractivity (Wildman–Crippen MR) is 126 cm³/mol. The number of hydrogen-bond donors (Lipinski definition) is 2. The van der Waals surface area contributed by atoms with Crippen LogP contribution < -0.4 is 0 Å². The van der Waals surface area contributed by atoms with E-state index in [4.69, 9.17) is 9.84 Å². The van der Waals surface area contributed by atoms with Gasteiger partial charge in [0.05, 0.1) is 40.1 Å². The lowest BCUT2D eigenvalue weighted by Crippen LogP contribution is -2.44. The van der Waals surface area contributed by atoms with Crippen molar-refractivity contribution in [1.29, 1.82) is 0 Å². The van der Waals surface area contributed by atoms with Crippen LogP contribution in [0.3, 0.4) is 0 Å². The Hall–Kier alpha value is -1.14. The summed E-state index contributed by atoms with van der Waals surface area (Å²) in [5, 5.41) is 19.1. The molecule has 0 aliphatic rings. The molecule has 0 rings (SSSR count). The number of carbonyl (C=O) groups is 2. The highest BCUT2D eigenvalue weighted by Crippen LogP contribution is 2.15. The van der Waals surface area contributed by atoms with Gasteiger partial charge in [0.15, 0.2) is 6.10 Å². The van der Waals surface area contributed by atoms with Gasteiger partial charge >= 0.3 is 11.9 Å². The predicted octanol–water partition coefficient (Wildman–Crippen LogP) is 5.31. The topological polar surface area (TPSA) is 83.8 Å². The van der Waals surface area contributed by atoms with Crippen molar-refractivity contribution in [3.63, 3.8) is 0 Å². The summed E-state index contributed by atoms with van der Waals surface area (Å²) in [6.07, 6.45) is 15.5. The number of carboxylic acids is 1. The van der Waals surface area contributed by atoms with E-state index in [1.165, 1.54) is 70.6 Å².